The summed E-state index contributed by atoms with van der Waals surface area (Å²) in [5, 5.41) is 5.29. The summed E-state index contributed by atoms with van der Waals surface area (Å²) in [6.07, 6.45) is 0. The fourth-order valence-electron chi connectivity index (χ4n) is 11.5. The monoisotopic (exact) mass is 964 g/mol. The molecule has 0 spiro atoms. The second kappa shape index (κ2) is 15.3. The van der Waals surface area contributed by atoms with Crippen molar-refractivity contribution in [2.45, 2.75) is 80.1 Å². The Bertz CT molecular complexity index is 3590. The summed E-state index contributed by atoms with van der Waals surface area (Å²) < 4.78 is 8.20. The van der Waals surface area contributed by atoms with Gasteiger partial charge in [-0.3, -0.25) is 0 Å². The molecule has 0 saturated carbocycles. The highest BCUT2D eigenvalue weighted by molar-refractivity contribution is 7.40. The van der Waals surface area contributed by atoms with Gasteiger partial charge in [0.1, 0.15) is 0 Å². The van der Waals surface area contributed by atoms with Crippen LogP contribution < -0.4 is 24.8 Å². The Kier molecular flexibility index (Phi) is 9.54. The summed E-state index contributed by atoms with van der Waals surface area (Å²) in [5.74, 6) is 0. The van der Waals surface area contributed by atoms with E-state index in [1.807, 2.05) is 45.3 Å². The smallest absolute Gasteiger partial charge is 0.277 e. The van der Waals surface area contributed by atoms with Crippen LogP contribution in [-0.4, -0.2) is 6.71 Å². The lowest BCUT2D eigenvalue weighted by Crippen LogP contribution is -2.59. The molecule has 7 heteroatoms. The van der Waals surface area contributed by atoms with E-state index in [1.54, 1.807) is 0 Å². The van der Waals surface area contributed by atoms with Crippen molar-refractivity contribution in [3.05, 3.63) is 173 Å². The highest BCUT2D eigenvalue weighted by atomic mass is 32.1. The molecule has 0 atom stereocenters. The molecule has 0 radical (unpaired) electrons. The topological polar surface area (TPSA) is 6.48 Å². The summed E-state index contributed by atoms with van der Waals surface area (Å²) in [6.45, 7) is 23.5. The van der Waals surface area contributed by atoms with E-state index >= 15 is 0 Å². The zero-order valence-corrected chi connectivity index (χ0v) is 44.1. The van der Waals surface area contributed by atoms with Crippen molar-refractivity contribution in [2.75, 3.05) is 9.80 Å². The first-order chi connectivity index (χ1) is 33.1. The second-order valence-electron chi connectivity index (χ2n) is 21.6. The Morgan fingerprint density at radius 1 is 0.391 bits per heavy atom. The highest BCUT2D eigenvalue weighted by Gasteiger charge is 2.48. The average molecular weight is 965 g/mol. The van der Waals surface area contributed by atoms with Gasteiger partial charge in [-0.2, -0.15) is 0 Å². The average Bonchev–Trinajstić information content (AvgIpc) is 4.11. The zero-order valence-electron chi connectivity index (χ0n) is 40.9. The number of anilines is 6. The van der Waals surface area contributed by atoms with Gasteiger partial charge in [0.2, 0.25) is 0 Å². The van der Waals surface area contributed by atoms with Gasteiger partial charge in [0.15, 0.2) is 0 Å². The lowest BCUT2D eigenvalue weighted by molar-refractivity contribution is 0.591. The minimum absolute atomic E-state index is 0.00228. The number of hydrogen-bond acceptors (Lipinski definition) is 6. The third-order valence-corrected chi connectivity index (χ3v) is 19.5. The third kappa shape index (κ3) is 6.60. The fraction of sp³-hybridized carbons (Fsp3) is 0.194. The van der Waals surface area contributed by atoms with Gasteiger partial charge < -0.3 is 9.80 Å². The summed E-state index contributed by atoms with van der Waals surface area (Å²) in [6, 6.07) is 53.8. The van der Waals surface area contributed by atoms with Gasteiger partial charge in [-0.15, -0.1) is 45.3 Å². The molecule has 338 valence electrons. The number of thiophene rings is 4. The molecule has 0 bridgehead atoms. The summed E-state index contributed by atoms with van der Waals surface area (Å²) in [5.41, 5.74) is 19.6. The Labute approximate surface area is 422 Å². The Hall–Kier alpha value is -5.96. The molecule has 69 heavy (non-hydrogen) atoms. The van der Waals surface area contributed by atoms with Crippen molar-refractivity contribution in [1.29, 1.82) is 0 Å². The highest BCUT2D eigenvalue weighted by Crippen LogP contribution is 2.53. The second-order valence-corrected chi connectivity index (χ2v) is 25.9. The van der Waals surface area contributed by atoms with Crippen LogP contribution in [0.25, 0.3) is 61.2 Å². The molecule has 0 saturated heterocycles. The van der Waals surface area contributed by atoms with E-state index in [4.69, 9.17) is 0 Å². The zero-order chi connectivity index (χ0) is 47.4. The Balaban J connectivity index is 1.09. The molecule has 6 heterocycles. The van der Waals surface area contributed by atoms with E-state index in [2.05, 4.69) is 219 Å². The van der Waals surface area contributed by atoms with Gasteiger partial charge in [-0.25, -0.2) is 0 Å². The van der Waals surface area contributed by atoms with Crippen molar-refractivity contribution >= 4 is 142 Å². The maximum Gasteiger partial charge on any atom is 0.277 e. The number of benzene rings is 7. The maximum absolute atomic E-state index is 2.69. The lowest BCUT2D eigenvalue weighted by atomic mass is 9.39. The van der Waals surface area contributed by atoms with Crippen molar-refractivity contribution in [2.24, 2.45) is 0 Å². The lowest BCUT2D eigenvalue weighted by Gasteiger charge is -2.43. The molecule has 0 fully saturated rings. The first-order valence-corrected chi connectivity index (χ1v) is 27.4. The molecule has 0 amide bonds. The molecular weight excluding hydrogens is 912 g/mol. The number of aryl methyl sites for hydroxylation is 4. The Morgan fingerprint density at radius 2 is 0.797 bits per heavy atom. The first kappa shape index (κ1) is 43.1. The van der Waals surface area contributed by atoms with Crippen LogP contribution in [0.4, 0.5) is 34.1 Å². The number of rotatable bonds is 4. The molecule has 2 aliphatic rings. The van der Waals surface area contributed by atoms with E-state index in [-0.39, 0.29) is 17.5 Å². The molecule has 2 aliphatic heterocycles. The Morgan fingerprint density at radius 3 is 1.19 bits per heavy atom. The molecular formula is C62H53BN2S4. The molecule has 0 N–H and O–H groups in total. The van der Waals surface area contributed by atoms with E-state index in [9.17, 15) is 0 Å². The van der Waals surface area contributed by atoms with E-state index in [0.29, 0.717) is 0 Å². The van der Waals surface area contributed by atoms with Crippen molar-refractivity contribution in [3.8, 4) is 20.9 Å². The van der Waals surface area contributed by atoms with E-state index in [0.717, 1.165) is 0 Å². The molecule has 7 aromatic carbocycles. The SMILES string of the molecule is Cc1cc(-c2cc3ccccc3s2)cc(C)c1N1c2cccc3c2B(c2sc4ccc(C(C)(C)C)cc4c21)c1sc2ccc(C(C)(C)C)cc2c1N3c1c(C)cc(-c2cc3ccccc3s2)cc1C. The van der Waals surface area contributed by atoms with Gasteiger partial charge in [0.05, 0.1) is 22.7 Å². The van der Waals surface area contributed by atoms with Crippen molar-refractivity contribution in [3.63, 3.8) is 0 Å². The maximum atomic E-state index is 2.69. The number of hydrogen-bond donors (Lipinski definition) is 0. The van der Waals surface area contributed by atoms with Gasteiger partial charge in [-0.05, 0) is 184 Å². The van der Waals surface area contributed by atoms with Crippen LogP contribution in [0.1, 0.15) is 74.9 Å². The van der Waals surface area contributed by atoms with E-state index < -0.39 is 0 Å². The number of fused-ring (bicyclic) bond motifs is 10. The third-order valence-electron chi connectivity index (χ3n) is 14.8. The van der Waals surface area contributed by atoms with Crippen molar-refractivity contribution < 1.29 is 0 Å². The summed E-state index contributed by atoms with van der Waals surface area (Å²) >= 11 is 7.79. The minimum Gasteiger partial charge on any atom is -0.309 e. The van der Waals surface area contributed by atoms with Crippen LogP contribution in [0.2, 0.25) is 0 Å². The summed E-state index contributed by atoms with van der Waals surface area (Å²) in [4.78, 5) is 8.00. The molecule has 0 aliphatic carbocycles. The molecule has 2 nitrogen and oxygen atoms in total. The normalized spacial score (nSPS) is 13.6. The van der Waals surface area contributed by atoms with Gasteiger partial charge in [0.25, 0.3) is 6.71 Å². The van der Waals surface area contributed by atoms with Gasteiger partial charge in [-0.1, -0.05) is 96.1 Å². The minimum atomic E-state index is 0.00228. The predicted octanol–water partition coefficient (Wildman–Crippen LogP) is 17.8. The van der Waals surface area contributed by atoms with Crippen LogP contribution in [0, 0.1) is 27.7 Å². The van der Waals surface area contributed by atoms with Crippen LogP contribution in [0.3, 0.4) is 0 Å². The largest absolute Gasteiger partial charge is 0.309 e. The standard InChI is InChI=1S/C62H53BN2S4/c1-34-26-40(52-30-38-16-11-13-20-48(38)66-52)27-35(2)55(34)64-46-18-15-19-47-54(46)63(59-57(64)44-32-42(61(5,6)7)22-24-50(44)68-59)60-58(45-33-43(62(8,9)10)23-25-51(45)69-60)65(47)56-36(3)28-41(29-37(56)4)53-31-39-17-12-14-21-49(39)67-53/h11-33H,1-10H3. The van der Waals surface area contributed by atoms with Crippen molar-refractivity contribution in [1.82, 2.24) is 0 Å². The molecule has 11 aromatic rings. The predicted molar refractivity (Wildman–Crippen MR) is 309 cm³/mol. The van der Waals surface area contributed by atoms with Crippen LogP contribution in [0.15, 0.2) is 140 Å². The molecule has 4 aromatic heterocycles. The van der Waals surface area contributed by atoms with Gasteiger partial charge >= 0.3 is 0 Å². The quantitative estimate of drug-likeness (QED) is 0.162. The first-order valence-electron chi connectivity index (χ1n) is 24.2. The van der Waals surface area contributed by atoms with E-state index in [1.165, 1.54) is 144 Å². The number of nitrogens with zero attached hydrogens (tertiary/aromatic N) is 2. The van der Waals surface area contributed by atoms with Crippen LogP contribution in [0.5, 0.6) is 0 Å². The van der Waals surface area contributed by atoms with Crippen LogP contribution in [-0.2, 0) is 10.8 Å². The fourth-order valence-corrected chi connectivity index (χ4v) is 16.2. The molecule has 13 rings (SSSR count). The van der Waals surface area contributed by atoms with Crippen LogP contribution >= 0.6 is 45.3 Å². The molecule has 0 unspecified atom stereocenters. The summed E-state index contributed by atoms with van der Waals surface area (Å²) in [7, 11) is 0. The van der Waals surface area contributed by atoms with Gasteiger partial charge in [0, 0.05) is 60.3 Å².